The Kier molecular flexibility index (Phi) is 3.13. The molecule has 0 radical (unpaired) electrons. The molecule has 6 nitrogen and oxygen atoms in total. The molecule has 1 N–H and O–H groups in total. The lowest BCUT2D eigenvalue weighted by Gasteiger charge is -2.05. The number of alkyl halides is 3. The van der Waals surface area contributed by atoms with E-state index in [2.05, 4.69) is 25.7 Å². The highest BCUT2D eigenvalue weighted by Gasteiger charge is 2.32. The van der Waals surface area contributed by atoms with Crippen molar-refractivity contribution in [2.75, 3.05) is 5.32 Å². The van der Waals surface area contributed by atoms with E-state index in [9.17, 15) is 13.2 Å². The Morgan fingerprint density at radius 2 is 2.06 bits per heavy atom. The highest BCUT2D eigenvalue weighted by Crippen LogP contribution is 2.27. The molecule has 9 heteroatoms. The maximum absolute atomic E-state index is 12.2. The fraction of sp³-hybridized carbons (Fsp3) is 0.333. The van der Waals surface area contributed by atoms with E-state index < -0.39 is 11.9 Å². The van der Waals surface area contributed by atoms with E-state index in [4.69, 9.17) is 4.52 Å². The molecule has 0 spiro atoms. The van der Waals surface area contributed by atoms with Gasteiger partial charge >= 0.3 is 6.18 Å². The standard InChI is InChI=1S/C9H8F3N5O/c1-5-14-8(17-18-5)4-13-7-3-2-6(15-16-7)9(10,11)12/h2-3H,4H2,1H3,(H,13,16). The summed E-state index contributed by atoms with van der Waals surface area (Å²) in [5.41, 5.74) is -1.04. The van der Waals surface area contributed by atoms with Crippen LogP contribution in [-0.4, -0.2) is 20.3 Å². The normalized spacial score (nSPS) is 11.6. The molecule has 2 aromatic rings. The van der Waals surface area contributed by atoms with Crippen LogP contribution in [0, 0.1) is 6.92 Å². The van der Waals surface area contributed by atoms with E-state index in [-0.39, 0.29) is 12.4 Å². The van der Waals surface area contributed by atoms with Crippen molar-refractivity contribution in [3.8, 4) is 0 Å². The average Bonchev–Trinajstić information content (AvgIpc) is 2.72. The van der Waals surface area contributed by atoms with Crippen molar-refractivity contribution in [2.45, 2.75) is 19.6 Å². The summed E-state index contributed by atoms with van der Waals surface area (Å²) in [6.45, 7) is 1.83. The predicted molar refractivity (Wildman–Crippen MR) is 53.4 cm³/mol. The van der Waals surface area contributed by atoms with Gasteiger partial charge in [-0.3, -0.25) is 0 Å². The van der Waals surface area contributed by atoms with E-state index >= 15 is 0 Å². The molecule has 0 aliphatic rings. The summed E-state index contributed by atoms with van der Waals surface area (Å²) < 4.78 is 41.4. The van der Waals surface area contributed by atoms with Gasteiger partial charge in [-0.1, -0.05) is 5.16 Å². The van der Waals surface area contributed by atoms with Gasteiger partial charge in [0.05, 0.1) is 6.54 Å². The van der Waals surface area contributed by atoms with E-state index in [1.54, 1.807) is 6.92 Å². The molecule has 0 saturated carbocycles. The summed E-state index contributed by atoms with van der Waals surface area (Å²) in [6.07, 6.45) is -4.49. The zero-order chi connectivity index (χ0) is 13.2. The van der Waals surface area contributed by atoms with Gasteiger partial charge in [-0.05, 0) is 12.1 Å². The third kappa shape index (κ3) is 2.93. The Labute approximate surface area is 99.2 Å². The van der Waals surface area contributed by atoms with Crippen LogP contribution < -0.4 is 5.32 Å². The van der Waals surface area contributed by atoms with Gasteiger partial charge in [0.15, 0.2) is 11.5 Å². The highest BCUT2D eigenvalue weighted by atomic mass is 19.4. The molecule has 0 aromatic carbocycles. The summed E-state index contributed by atoms with van der Waals surface area (Å²) in [4.78, 5) is 3.91. The minimum absolute atomic E-state index is 0.192. The number of nitrogens with zero attached hydrogens (tertiary/aromatic N) is 4. The first kappa shape index (κ1) is 12.3. The van der Waals surface area contributed by atoms with Gasteiger partial charge in [-0.2, -0.15) is 18.2 Å². The number of aromatic nitrogens is 4. The molecule has 2 rings (SSSR count). The number of hydrogen-bond acceptors (Lipinski definition) is 6. The van der Waals surface area contributed by atoms with Crippen LogP contribution in [0.3, 0.4) is 0 Å². The zero-order valence-electron chi connectivity index (χ0n) is 9.19. The Hall–Kier alpha value is -2.19. The molecule has 0 fully saturated rings. The summed E-state index contributed by atoms with van der Waals surface area (Å²) in [6, 6.07) is 2.03. The lowest BCUT2D eigenvalue weighted by Crippen LogP contribution is -2.10. The summed E-state index contributed by atoms with van der Waals surface area (Å²) in [5.74, 6) is 0.991. The number of halogens is 3. The summed E-state index contributed by atoms with van der Waals surface area (Å²) >= 11 is 0. The molecule has 0 aliphatic heterocycles. The second-order valence-electron chi connectivity index (χ2n) is 3.38. The van der Waals surface area contributed by atoms with Gasteiger partial charge in [0, 0.05) is 6.92 Å². The molecule has 0 aliphatic carbocycles. The van der Waals surface area contributed by atoms with Crippen molar-refractivity contribution in [3.05, 3.63) is 29.5 Å². The lowest BCUT2D eigenvalue weighted by atomic mass is 10.4. The fourth-order valence-corrected chi connectivity index (χ4v) is 1.16. The fourth-order valence-electron chi connectivity index (χ4n) is 1.16. The number of rotatable bonds is 3. The van der Waals surface area contributed by atoms with Crippen LogP contribution in [0.2, 0.25) is 0 Å². The number of anilines is 1. The Morgan fingerprint density at radius 3 is 2.56 bits per heavy atom. The molecule has 0 atom stereocenters. The SMILES string of the molecule is Cc1nc(CNc2ccc(C(F)(F)F)nn2)no1. The van der Waals surface area contributed by atoms with Crippen LogP contribution in [0.15, 0.2) is 16.7 Å². The predicted octanol–water partition coefficient (Wildman–Crippen LogP) is 1.80. The summed E-state index contributed by atoms with van der Waals surface area (Å²) in [7, 11) is 0. The van der Waals surface area contributed by atoms with Crippen molar-refractivity contribution < 1.29 is 17.7 Å². The largest absolute Gasteiger partial charge is 0.435 e. The number of hydrogen-bond donors (Lipinski definition) is 1. The van der Waals surface area contributed by atoms with E-state index in [0.717, 1.165) is 6.07 Å². The van der Waals surface area contributed by atoms with E-state index in [0.29, 0.717) is 11.7 Å². The van der Waals surface area contributed by atoms with Gasteiger partial charge in [0.2, 0.25) is 5.89 Å². The van der Waals surface area contributed by atoms with Crippen molar-refractivity contribution >= 4 is 5.82 Å². The quantitative estimate of drug-likeness (QED) is 0.905. The second kappa shape index (κ2) is 4.59. The third-order valence-corrected chi connectivity index (χ3v) is 1.95. The first-order chi connectivity index (χ1) is 8.45. The van der Waals surface area contributed by atoms with Crippen molar-refractivity contribution in [3.63, 3.8) is 0 Å². The molecule has 96 valence electrons. The highest BCUT2D eigenvalue weighted by molar-refractivity contribution is 5.33. The van der Waals surface area contributed by atoms with Crippen LogP contribution in [0.25, 0.3) is 0 Å². The first-order valence-electron chi connectivity index (χ1n) is 4.89. The Balaban J connectivity index is 1.98. The van der Waals surface area contributed by atoms with Gasteiger partial charge in [-0.15, -0.1) is 10.2 Å². The number of aryl methyl sites for hydroxylation is 1. The molecule has 2 heterocycles. The number of nitrogens with one attached hydrogen (secondary N) is 1. The molecule has 18 heavy (non-hydrogen) atoms. The van der Waals surface area contributed by atoms with Gasteiger partial charge in [0.1, 0.15) is 5.82 Å². The maximum atomic E-state index is 12.2. The van der Waals surface area contributed by atoms with Gasteiger partial charge in [-0.25, -0.2) is 0 Å². The monoisotopic (exact) mass is 259 g/mol. The van der Waals surface area contributed by atoms with Gasteiger partial charge in [0.25, 0.3) is 0 Å². The second-order valence-corrected chi connectivity index (χ2v) is 3.38. The lowest BCUT2D eigenvalue weighted by molar-refractivity contribution is -0.141. The van der Waals surface area contributed by atoms with Crippen molar-refractivity contribution in [2.24, 2.45) is 0 Å². The van der Waals surface area contributed by atoms with Gasteiger partial charge < -0.3 is 9.84 Å². The minimum atomic E-state index is -4.49. The molecule has 0 amide bonds. The van der Waals surface area contributed by atoms with Crippen LogP contribution in [-0.2, 0) is 12.7 Å². The molecular formula is C9H8F3N5O. The summed E-state index contributed by atoms with van der Waals surface area (Å²) in [5, 5.41) is 12.8. The smallest absolute Gasteiger partial charge is 0.361 e. The topological polar surface area (TPSA) is 76.7 Å². The van der Waals surface area contributed by atoms with Crippen LogP contribution in [0.1, 0.15) is 17.4 Å². The molecule has 0 bridgehead atoms. The molecule has 0 saturated heterocycles. The molecule has 0 unspecified atom stereocenters. The maximum Gasteiger partial charge on any atom is 0.435 e. The van der Waals surface area contributed by atoms with Crippen LogP contribution in [0.4, 0.5) is 19.0 Å². The Morgan fingerprint density at radius 1 is 1.28 bits per heavy atom. The molecule has 2 aromatic heterocycles. The first-order valence-corrected chi connectivity index (χ1v) is 4.89. The van der Waals surface area contributed by atoms with E-state index in [1.165, 1.54) is 6.07 Å². The Bertz CT molecular complexity index is 522. The zero-order valence-corrected chi connectivity index (χ0v) is 9.19. The van der Waals surface area contributed by atoms with E-state index in [1.807, 2.05) is 0 Å². The average molecular weight is 259 g/mol. The van der Waals surface area contributed by atoms with Crippen LogP contribution >= 0.6 is 0 Å². The van der Waals surface area contributed by atoms with Crippen LogP contribution in [0.5, 0.6) is 0 Å². The minimum Gasteiger partial charge on any atom is -0.361 e. The van der Waals surface area contributed by atoms with Crippen molar-refractivity contribution in [1.82, 2.24) is 20.3 Å². The van der Waals surface area contributed by atoms with Crippen molar-refractivity contribution in [1.29, 1.82) is 0 Å². The third-order valence-electron chi connectivity index (χ3n) is 1.95. The molecular weight excluding hydrogens is 251 g/mol.